The molecule has 0 radical (unpaired) electrons. The molecule has 0 saturated heterocycles. The van der Waals surface area contributed by atoms with E-state index in [2.05, 4.69) is 5.32 Å². The van der Waals surface area contributed by atoms with Crippen molar-refractivity contribution in [1.82, 2.24) is 5.32 Å². The zero-order chi connectivity index (χ0) is 9.68. The number of hydrogen-bond acceptors (Lipinski definition) is 2. The first kappa shape index (κ1) is 10.2. The standard InChI is InChI=1S/C10H17NO2/c1-2-9(12)10(13)11-8-6-4-3-5-7-8/h8H,2-7H2,1H3,(H,11,13). The minimum Gasteiger partial charge on any atom is -0.347 e. The summed E-state index contributed by atoms with van der Waals surface area (Å²) in [6.07, 6.45) is 5.97. The molecule has 3 nitrogen and oxygen atoms in total. The molecule has 0 bridgehead atoms. The van der Waals surface area contributed by atoms with Gasteiger partial charge in [-0.15, -0.1) is 0 Å². The van der Waals surface area contributed by atoms with Crippen molar-refractivity contribution < 1.29 is 9.59 Å². The molecular formula is C10H17NO2. The van der Waals surface area contributed by atoms with Gasteiger partial charge in [0.1, 0.15) is 0 Å². The van der Waals surface area contributed by atoms with Gasteiger partial charge in [0.25, 0.3) is 5.91 Å². The summed E-state index contributed by atoms with van der Waals surface area (Å²) in [5.74, 6) is -0.694. The second kappa shape index (κ2) is 5.00. The number of carbonyl (C=O) groups excluding carboxylic acids is 2. The Hall–Kier alpha value is -0.860. The monoisotopic (exact) mass is 183 g/mol. The van der Waals surface area contributed by atoms with Crippen molar-refractivity contribution in [1.29, 1.82) is 0 Å². The molecule has 3 heteroatoms. The van der Waals surface area contributed by atoms with Crippen LogP contribution in [0.1, 0.15) is 45.4 Å². The molecule has 0 spiro atoms. The minimum atomic E-state index is -0.394. The van der Waals surface area contributed by atoms with Crippen molar-refractivity contribution in [2.24, 2.45) is 0 Å². The molecule has 0 aromatic carbocycles. The molecule has 0 aromatic heterocycles. The number of carbonyl (C=O) groups is 2. The lowest BCUT2D eigenvalue weighted by atomic mass is 9.95. The van der Waals surface area contributed by atoms with Crippen molar-refractivity contribution in [3.8, 4) is 0 Å². The lowest BCUT2D eigenvalue weighted by molar-refractivity contribution is -0.138. The molecule has 13 heavy (non-hydrogen) atoms. The largest absolute Gasteiger partial charge is 0.347 e. The van der Waals surface area contributed by atoms with Gasteiger partial charge in [-0.3, -0.25) is 9.59 Å². The first-order valence-corrected chi connectivity index (χ1v) is 5.07. The summed E-state index contributed by atoms with van der Waals surface area (Å²) < 4.78 is 0. The van der Waals surface area contributed by atoms with Crippen molar-refractivity contribution in [3.63, 3.8) is 0 Å². The van der Waals surface area contributed by atoms with Gasteiger partial charge in [0, 0.05) is 12.5 Å². The van der Waals surface area contributed by atoms with Gasteiger partial charge in [0.05, 0.1) is 0 Å². The van der Waals surface area contributed by atoms with E-state index in [1.54, 1.807) is 6.92 Å². The summed E-state index contributed by atoms with van der Waals surface area (Å²) in [6, 6.07) is 0.247. The lowest BCUT2D eigenvalue weighted by Gasteiger charge is -2.22. The van der Waals surface area contributed by atoms with Gasteiger partial charge in [0.15, 0.2) is 0 Å². The van der Waals surface area contributed by atoms with E-state index < -0.39 is 5.91 Å². The third-order valence-corrected chi connectivity index (χ3v) is 2.51. The maximum atomic E-state index is 11.2. The van der Waals surface area contributed by atoms with Crippen LogP contribution in [-0.4, -0.2) is 17.7 Å². The average molecular weight is 183 g/mol. The second-order valence-electron chi connectivity index (χ2n) is 3.59. The van der Waals surface area contributed by atoms with Crippen LogP contribution in [0.5, 0.6) is 0 Å². The Morgan fingerprint density at radius 2 is 1.85 bits per heavy atom. The van der Waals surface area contributed by atoms with Crippen LogP contribution in [-0.2, 0) is 9.59 Å². The third-order valence-electron chi connectivity index (χ3n) is 2.51. The Morgan fingerprint density at radius 1 is 1.23 bits per heavy atom. The van der Waals surface area contributed by atoms with E-state index in [4.69, 9.17) is 0 Å². The first-order chi connectivity index (χ1) is 6.24. The number of ketones is 1. The Morgan fingerprint density at radius 3 is 2.38 bits per heavy atom. The number of amides is 1. The fourth-order valence-corrected chi connectivity index (χ4v) is 1.67. The maximum absolute atomic E-state index is 11.2. The number of nitrogens with one attached hydrogen (secondary N) is 1. The number of rotatable bonds is 3. The first-order valence-electron chi connectivity index (χ1n) is 5.07. The van der Waals surface area contributed by atoms with E-state index in [1.807, 2.05) is 0 Å². The van der Waals surface area contributed by atoms with Gasteiger partial charge in [-0.1, -0.05) is 26.2 Å². The highest BCUT2D eigenvalue weighted by molar-refractivity contribution is 6.36. The molecule has 1 aliphatic carbocycles. The summed E-state index contributed by atoms with van der Waals surface area (Å²) >= 11 is 0. The lowest BCUT2D eigenvalue weighted by Crippen LogP contribution is -2.40. The summed E-state index contributed by atoms with van der Waals surface area (Å²) in [5, 5.41) is 2.78. The molecule has 0 aliphatic heterocycles. The van der Waals surface area contributed by atoms with Gasteiger partial charge < -0.3 is 5.32 Å². The highest BCUT2D eigenvalue weighted by Crippen LogP contribution is 2.17. The van der Waals surface area contributed by atoms with Crippen molar-refractivity contribution in [2.45, 2.75) is 51.5 Å². The predicted octanol–water partition coefficient (Wildman–Crippen LogP) is 1.41. The van der Waals surface area contributed by atoms with Gasteiger partial charge >= 0.3 is 0 Å². The molecule has 1 fully saturated rings. The molecule has 1 N–H and O–H groups in total. The zero-order valence-electron chi connectivity index (χ0n) is 8.14. The van der Waals surface area contributed by atoms with Crippen LogP contribution in [0.2, 0.25) is 0 Å². The van der Waals surface area contributed by atoms with Crippen LogP contribution >= 0.6 is 0 Å². The van der Waals surface area contributed by atoms with E-state index in [0.717, 1.165) is 12.8 Å². The molecule has 74 valence electrons. The average Bonchev–Trinajstić information content (AvgIpc) is 2.18. The summed E-state index contributed by atoms with van der Waals surface area (Å²) in [6.45, 7) is 1.71. The summed E-state index contributed by atoms with van der Waals surface area (Å²) in [5.41, 5.74) is 0. The van der Waals surface area contributed by atoms with Crippen LogP contribution in [0, 0.1) is 0 Å². The smallest absolute Gasteiger partial charge is 0.287 e. The van der Waals surface area contributed by atoms with E-state index in [9.17, 15) is 9.59 Å². The molecule has 0 unspecified atom stereocenters. The van der Waals surface area contributed by atoms with Gasteiger partial charge in [-0.05, 0) is 12.8 Å². The Bertz CT molecular complexity index is 195. The SMILES string of the molecule is CCC(=O)C(=O)NC1CCCCC1. The fraction of sp³-hybridized carbons (Fsp3) is 0.800. The highest BCUT2D eigenvalue weighted by atomic mass is 16.2. The molecule has 1 aliphatic rings. The fourth-order valence-electron chi connectivity index (χ4n) is 1.67. The predicted molar refractivity (Wildman–Crippen MR) is 50.3 cm³/mol. The number of hydrogen-bond donors (Lipinski definition) is 1. The van der Waals surface area contributed by atoms with Crippen molar-refractivity contribution in [3.05, 3.63) is 0 Å². The molecule has 1 saturated carbocycles. The van der Waals surface area contributed by atoms with E-state index in [-0.39, 0.29) is 11.8 Å². The summed E-state index contributed by atoms with van der Waals surface area (Å²) in [4.78, 5) is 22.2. The molecule has 0 heterocycles. The zero-order valence-corrected chi connectivity index (χ0v) is 8.14. The van der Waals surface area contributed by atoms with Crippen LogP contribution in [0.15, 0.2) is 0 Å². The number of Topliss-reactive ketones (excluding diaryl/α,β-unsaturated/α-hetero) is 1. The van der Waals surface area contributed by atoms with Gasteiger partial charge in [-0.25, -0.2) is 0 Å². The van der Waals surface area contributed by atoms with Crippen LogP contribution in [0.4, 0.5) is 0 Å². The third kappa shape index (κ3) is 3.17. The molecule has 0 atom stereocenters. The topological polar surface area (TPSA) is 46.2 Å². The van der Waals surface area contributed by atoms with Gasteiger partial charge in [0.2, 0.25) is 5.78 Å². The molecule has 1 amide bonds. The van der Waals surface area contributed by atoms with E-state index in [0.29, 0.717) is 6.42 Å². The Balaban J connectivity index is 2.30. The summed E-state index contributed by atoms with van der Waals surface area (Å²) in [7, 11) is 0. The van der Waals surface area contributed by atoms with Gasteiger partial charge in [-0.2, -0.15) is 0 Å². The van der Waals surface area contributed by atoms with Crippen LogP contribution in [0.3, 0.4) is 0 Å². The Kier molecular flexibility index (Phi) is 3.93. The molecule has 1 rings (SSSR count). The van der Waals surface area contributed by atoms with Crippen LogP contribution < -0.4 is 5.32 Å². The molecular weight excluding hydrogens is 166 g/mol. The second-order valence-corrected chi connectivity index (χ2v) is 3.59. The minimum absolute atomic E-state index is 0.247. The quantitative estimate of drug-likeness (QED) is 0.672. The van der Waals surface area contributed by atoms with Crippen molar-refractivity contribution >= 4 is 11.7 Å². The maximum Gasteiger partial charge on any atom is 0.287 e. The molecule has 0 aromatic rings. The normalized spacial score (nSPS) is 18.2. The van der Waals surface area contributed by atoms with E-state index >= 15 is 0 Å². The Labute approximate surface area is 78.9 Å². The van der Waals surface area contributed by atoms with E-state index in [1.165, 1.54) is 19.3 Å². The van der Waals surface area contributed by atoms with Crippen molar-refractivity contribution in [2.75, 3.05) is 0 Å². The van der Waals surface area contributed by atoms with Crippen LogP contribution in [0.25, 0.3) is 0 Å². The highest BCUT2D eigenvalue weighted by Gasteiger charge is 2.18.